The molecule has 1 aliphatic heterocycles. The van der Waals surface area contributed by atoms with Crippen molar-refractivity contribution in [2.75, 3.05) is 13.1 Å². The number of furan rings is 1. The molecule has 0 unspecified atom stereocenters. The second-order valence-electron chi connectivity index (χ2n) is 8.91. The Hall–Kier alpha value is -2.66. The standard InChI is InChI=1S/C19H26N6O2.C6H4ClFS/c1-11(2)25-8-6-13(7-9-25)27-19-16-12(3)23-24-18(16)21-17(22-19)15-5-4-14(10-20)26-15;7-4-1-2-5(8)6(9)3-4/h4-5,11,13H,6-10,20H2,1-3H3,(H,21,22,23,24);1-3,9H. The van der Waals surface area contributed by atoms with Gasteiger partial charge in [0.15, 0.2) is 11.4 Å². The van der Waals surface area contributed by atoms with Crippen molar-refractivity contribution in [1.82, 2.24) is 25.1 Å². The van der Waals surface area contributed by atoms with Crippen molar-refractivity contribution in [3.63, 3.8) is 0 Å². The van der Waals surface area contributed by atoms with E-state index in [0.717, 1.165) is 37.0 Å². The maximum absolute atomic E-state index is 12.4. The quantitative estimate of drug-likeness (QED) is 0.295. The molecule has 1 fully saturated rings. The van der Waals surface area contributed by atoms with E-state index in [0.29, 0.717) is 46.5 Å². The molecule has 4 heterocycles. The summed E-state index contributed by atoms with van der Waals surface area (Å²) >= 11 is 9.31. The molecule has 0 bridgehead atoms. The summed E-state index contributed by atoms with van der Waals surface area (Å²) in [6.07, 6.45) is 2.10. The van der Waals surface area contributed by atoms with Gasteiger partial charge in [0, 0.05) is 34.7 Å². The molecule has 11 heteroatoms. The number of thiol groups is 1. The van der Waals surface area contributed by atoms with E-state index in [9.17, 15) is 4.39 Å². The molecule has 0 atom stereocenters. The summed E-state index contributed by atoms with van der Waals surface area (Å²) < 4.78 is 24.4. The third-order valence-electron chi connectivity index (χ3n) is 6.04. The van der Waals surface area contributed by atoms with E-state index >= 15 is 0 Å². The van der Waals surface area contributed by atoms with Gasteiger partial charge in [0.25, 0.3) is 0 Å². The maximum Gasteiger partial charge on any atom is 0.229 e. The first kappa shape index (κ1) is 26.4. The Morgan fingerprint density at radius 1 is 1.25 bits per heavy atom. The first-order valence-electron chi connectivity index (χ1n) is 11.8. The average Bonchev–Trinajstić information content (AvgIpc) is 3.49. The Morgan fingerprint density at radius 2 is 2.00 bits per heavy atom. The summed E-state index contributed by atoms with van der Waals surface area (Å²) in [5.74, 6) is 1.94. The molecular weight excluding hydrogens is 503 g/mol. The summed E-state index contributed by atoms with van der Waals surface area (Å²) in [6.45, 7) is 8.82. The van der Waals surface area contributed by atoms with E-state index in [4.69, 9.17) is 26.5 Å². The minimum Gasteiger partial charge on any atom is -0.474 e. The van der Waals surface area contributed by atoms with Crippen LogP contribution in [0.3, 0.4) is 0 Å². The zero-order valence-corrected chi connectivity index (χ0v) is 22.1. The van der Waals surface area contributed by atoms with Crippen molar-refractivity contribution in [2.45, 2.75) is 57.2 Å². The van der Waals surface area contributed by atoms with Crippen LogP contribution in [0.2, 0.25) is 5.02 Å². The van der Waals surface area contributed by atoms with Crippen molar-refractivity contribution in [2.24, 2.45) is 5.73 Å². The fourth-order valence-electron chi connectivity index (χ4n) is 3.99. The predicted octanol–water partition coefficient (Wildman–Crippen LogP) is 5.40. The number of aromatic nitrogens is 4. The highest BCUT2D eigenvalue weighted by molar-refractivity contribution is 7.80. The number of benzene rings is 1. The lowest BCUT2D eigenvalue weighted by atomic mass is 10.1. The van der Waals surface area contributed by atoms with E-state index in [1.165, 1.54) is 18.2 Å². The molecule has 0 spiro atoms. The number of halogens is 2. The van der Waals surface area contributed by atoms with Crippen molar-refractivity contribution in [3.05, 3.63) is 52.6 Å². The van der Waals surface area contributed by atoms with Crippen LogP contribution in [0.5, 0.6) is 5.88 Å². The van der Waals surface area contributed by atoms with Crippen LogP contribution in [-0.2, 0) is 6.54 Å². The molecule has 3 N–H and O–H groups in total. The maximum atomic E-state index is 12.4. The van der Waals surface area contributed by atoms with Gasteiger partial charge in [-0.1, -0.05) is 11.6 Å². The predicted molar refractivity (Wildman–Crippen MR) is 141 cm³/mol. The summed E-state index contributed by atoms with van der Waals surface area (Å²) in [5.41, 5.74) is 7.12. The van der Waals surface area contributed by atoms with Crippen LogP contribution in [0.4, 0.5) is 4.39 Å². The molecule has 3 aromatic heterocycles. The number of piperidine rings is 1. The fraction of sp³-hybridized carbons (Fsp3) is 0.400. The Labute approximate surface area is 219 Å². The van der Waals surface area contributed by atoms with Gasteiger partial charge in [-0.15, -0.1) is 12.6 Å². The lowest BCUT2D eigenvalue weighted by molar-refractivity contribution is 0.0823. The Kier molecular flexibility index (Phi) is 8.50. The molecule has 4 aromatic rings. The lowest BCUT2D eigenvalue weighted by Crippen LogP contribution is -2.41. The number of nitrogens with zero attached hydrogens (tertiary/aromatic N) is 4. The number of hydrogen-bond donors (Lipinski definition) is 3. The summed E-state index contributed by atoms with van der Waals surface area (Å²) in [4.78, 5) is 11.9. The van der Waals surface area contributed by atoms with Crippen molar-refractivity contribution >= 4 is 35.3 Å². The normalized spacial score (nSPS) is 14.8. The molecular formula is C25H30ClFN6O2S. The van der Waals surface area contributed by atoms with E-state index in [1.54, 1.807) is 0 Å². The largest absolute Gasteiger partial charge is 0.474 e. The smallest absolute Gasteiger partial charge is 0.229 e. The number of hydrogen-bond acceptors (Lipinski definition) is 8. The molecule has 1 aliphatic rings. The topological polar surface area (TPSA) is 106 Å². The number of nitrogens with two attached hydrogens (primary N) is 1. The third-order valence-corrected chi connectivity index (χ3v) is 6.62. The zero-order chi connectivity index (χ0) is 25.8. The zero-order valence-electron chi connectivity index (χ0n) is 20.5. The average molecular weight is 533 g/mol. The lowest BCUT2D eigenvalue weighted by Gasteiger charge is -2.34. The second kappa shape index (κ2) is 11.6. The molecule has 0 amide bonds. The summed E-state index contributed by atoms with van der Waals surface area (Å²) in [7, 11) is 0. The van der Waals surface area contributed by atoms with Crippen LogP contribution in [0.25, 0.3) is 22.6 Å². The Balaban J connectivity index is 0.000000286. The first-order valence-corrected chi connectivity index (χ1v) is 12.6. The highest BCUT2D eigenvalue weighted by Gasteiger charge is 2.25. The molecule has 36 heavy (non-hydrogen) atoms. The monoisotopic (exact) mass is 532 g/mol. The van der Waals surface area contributed by atoms with Gasteiger partial charge in [0.05, 0.1) is 6.54 Å². The minimum atomic E-state index is -0.345. The minimum absolute atomic E-state index is 0.136. The number of nitrogens with one attached hydrogen (secondary N) is 1. The van der Waals surface area contributed by atoms with E-state index < -0.39 is 0 Å². The van der Waals surface area contributed by atoms with Crippen LogP contribution in [0, 0.1) is 12.7 Å². The van der Waals surface area contributed by atoms with E-state index in [-0.39, 0.29) is 16.8 Å². The molecule has 8 nitrogen and oxygen atoms in total. The molecule has 1 aromatic carbocycles. The number of H-pyrrole nitrogens is 1. The van der Waals surface area contributed by atoms with Gasteiger partial charge >= 0.3 is 0 Å². The van der Waals surface area contributed by atoms with Crippen molar-refractivity contribution in [1.29, 1.82) is 0 Å². The number of rotatable bonds is 5. The van der Waals surface area contributed by atoms with Gasteiger partial charge in [0.1, 0.15) is 23.1 Å². The Morgan fingerprint density at radius 3 is 2.61 bits per heavy atom. The number of ether oxygens (including phenoxy) is 1. The van der Waals surface area contributed by atoms with E-state index in [1.807, 2.05) is 19.1 Å². The van der Waals surface area contributed by atoms with Crippen molar-refractivity contribution < 1.29 is 13.5 Å². The summed E-state index contributed by atoms with van der Waals surface area (Å²) in [5, 5.41) is 8.60. The van der Waals surface area contributed by atoms with Crippen LogP contribution in [0.15, 0.2) is 39.6 Å². The highest BCUT2D eigenvalue weighted by atomic mass is 35.5. The van der Waals surface area contributed by atoms with Gasteiger partial charge in [-0.25, -0.2) is 9.37 Å². The third kappa shape index (κ3) is 6.18. The molecule has 0 aliphatic carbocycles. The molecule has 5 rings (SSSR count). The first-order chi connectivity index (χ1) is 17.2. The van der Waals surface area contributed by atoms with E-state index in [2.05, 4.69) is 51.5 Å². The Bertz CT molecular complexity index is 1320. The van der Waals surface area contributed by atoms with Gasteiger partial charge in [-0.05, 0) is 63.9 Å². The van der Waals surface area contributed by atoms with Gasteiger partial charge in [0.2, 0.25) is 11.7 Å². The van der Waals surface area contributed by atoms with Crippen LogP contribution in [-0.4, -0.2) is 50.3 Å². The fourth-order valence-corrected chi connectivity index (χ4v) is 4.45. The highest BCUT2D eigenvalue weighted by Crippen LogP contribution is 2.30. The van der Waals surface area contributed by atoms with Crippen molar-refractivity contribution in [3.8, 4) is 17.5 Å². The SMILES string of the molecule is Cc1[nH]nc2nc(-c3ccc(CN)o3)nc(OC3CCN(C(C)C)CC3)c12.Fc1ccc(Cl)cc1S. The molecule has 0 saturated carbocycles. The molecule has 192 valence electrons. The number of aromatic amines is 1. The number of fused-ring (bicyclic) bond motifs is 1. The van der Waals surface area contributed by atoms with Gasteiger partial charge in [-0.2, -0.15) is 10.1 Å². The molecule has 1 saturated heterocycles. The summed E-state index contributed by atoms with van der Waals surface area (Å²) in [6, 6.07) is 8.45. The van der Waals surface area contributed by atoms with Crippen LogP contribution >= 0.6 is 24.2 Å². The molecule has 0 radical (unpaired) electrons. The van der Waals surface area contributed by atoms with Crippen LogP contribution < -0.4 is 10.5 Å². The van der Waals surface area contributed by atoms with Gasteiger partial charge in [-0.3, -0.25) is 5.10 Å². The van der Waals surface area contributed by atoms with Crippen LogP contribution in [0.1, 0.15) is 38.1 Å². The number of likely N-dealkylation sites (tertiary alicyclic amines) is 1. The second-order valence-corrected chi connectivity index (χ2v) is 9.83. The number of aryl methyl sites for hydroxylation is 1. The van der Waals surface area contributed by atoms with Gasteiger partial charge < -0.3 is 19.8 Å².